The minimum atomic E-state index is -0.0924. The van der Waals surface area contributed by atoms with Crippen molar-refractivity contribution in [3.63, 3.8) is 0 Å². The number of aromatic amines is 1. The third-order valence-electron chi connectivity index (χ3n) is 5.52. The maximum Gasteiger partial charge on any atom is 0.261 e. The molecule has 5 heterocycles. The normalized spacial score (nSPS) is 11.6. The Hall–Kier alpha value is -4.33. The van der Waals surface area contributed by atoms with Gasteiger partial charge in [-0.1, -0.05) is 18.2 Å². The molecule has 0 radical (unpaired) electrons. The van der Waals surface area contributed by atoms with Gasteiger partial charge in [-0.05, 0) is 36.2 Å². The van der Waals surface area contributed by atoms with Gasteiger partial charge in [0, 0.05) is 54.0 Å². The molecular weight excluding hydrogens is 390 g/mol. The Balaban J connectivity index is 1.38. The van der Waals surface area contributed by atoms with Crippen molar-refractivity contribution >= 4 is 27.6 Å². The Kier molecular flexibility index (Phi) is 3.89. The lowest BCUT2D eigenvalue weighted by Crippen LogP contribution is -2.21. The minimum Gasteiger partial charge on any atom is -0.361 e. The van der Waals surface area contributed by atoms with Crippen LogP contribution < -0.4 is 5.56 Å². The first kappa shape index (κ1) is 17.5. The van der Waals surface area contributed by atoms with Crippen molar-refractivity contribution < 1.29 is 0 Å². The van der Waals surface area contributed by atoms with E-state index in [1.165, 1.54) is 10.9 Å². The van der Waals surface area contributed by atoms with Gasteiger partial charge in [-0.2, -0.15) is 9.50 Å². The molecule has 0 saturated carbocycles. The molecule has 0 aliphatic rings. The smallest absolute Gasteiger partial charge is 0.261 e. The highest BCUT2D eigenvalue weighted by Gasteiger charge is 2.13. The average molecular weight is 407 g/mol. The van der Waals surface area contributed by atoms with E-state index in [9.17, 15) is 4.79 Å². The van der Waals surface area contributed by atoms with Crippen LogP contribution in [0, 0.1) is 0 Å². The predicted molar refractivity (Wildman–Crippen MR) is 118 cm³/mol. The van der Waals surface area contributed by atoms with E-state index in [0.29, 0.717) is 29.0 Å². The minimum absolute atomic E-state index is 0.0924. The van der Waals surface area contributed by atoms with Gasteiger partial charge in [0.05, 0.1) is 10.9 Å². The first-order valence-corrected chi connectivity index (χ1v) is 9.98. The number of pyridine rings is 2. The van der Waals surface area contributed by atoms with E-state index in [-0.39, 0.29) is 5.56 Å². The van der Waals surface area contributed by atoms with Gasteiger partial charge in [-0.3, -0.25) is 9.78 Å². The topological polar surface area (TPSA) is 93.8 Å². The molecule has 6 rings (SSSR count). The Labute approximate surface area is 175 Å². The molecule has 6 aromatic rings. The van der Waals surface area contributed by atoms with Gasteiger partial charge in [0.25, 0.3) is 11.3 Å². The van der Waals surface area contributed by atoms with Crippen LogP contribution in [0.5, 0.6) is 0 Å². The molecule has 0 aliphatic carbocycles. The molecule has 0 saturated heterocycles. The summed E-state index contributed by atoms with van der Waals surface area (Å²) in [4.78, 5) is 29.3. The summed E-state index contributed by atoms with van der Waals surface area (Å²) in [5, 5.41) is 6.25. The first-order valence-electron chi connectivity index (χ1n) is 9.98. The predicted octanol–water partition coefficient (Wildman–Crippen LogP) is 3.23. The second-order valence-corrected chi connectivity index (χ2v) is 7.37. The SMILES string of the molecule is O=c1c2cnc3nc(-c4cccnc4)nn3c2ccn1CCc1c[nH]c2ccccc12. The summed E-state index contributed by atoms with van der Waals surface area (Å²) in [7, 11) is 0. The third kappa shape index (κ3) is 2.88. The van der Waals surface area contributed by atoms with E-state index in [1.54, 1.807) is 27.7 Å². The van der Waals surface area contributed by atoms with Crippen LogP contribution in [0.2, 0.25) is 0 Å². The number of nitrogens with zero attached hydrogens (tertiary/aromatic N) is 6. The summed E-state index contributed by atoms with van der Waals surface area (Å²) < 4.78 is 3.33. The number of hydrogen-bond acceptors (Lipinski definition) is 5. The number of hydrogen-bond donors (Lipinski definition) is 1. The molecule has 0 aliphatic heterocycles. The fraction of sp³-hybridized carbons (Fsp3) is 0.0870. The monoisotopic (exact) mass is 407 g/mol. The zero-order chi connectivity index (χ0) is 20.8. The molecule has 0 spiro atoms. The number of rotatable bonds is 4. The second kappa shape index (κ2) is 6.88. The van der Waals surface area contributed by atoms with E-state index in [2.05, 4.69) is 37.2 Å². The van der Waals surface area contributed by atoms with Gasteiger partial charge in [-0.25, -0.2) is 4.98 Å². The molecule has 1 N–H and O–H groups in total. The highest BCUT2D eigenvalue weighted by molar-refractivity contribution is 5.83. The molecule has 0 atom stereocenters. The van der Waals surface area contributed by atoms with Gasteiger partial charge in [0.1, 0.15) is 0 Å². The standard InChI is InChI=1S/C23H17N7O/c31-22-18-14-26-23-27-21(16-4-3-9-24-12-16)28-30(23)20(18)8-11-29(22)10-7-15-13-25-19-6-2-1-5-17(15)19/h1-6,8-9,11-14,25H,7,10H2. The molecule has 0 bridgehead atoms. The van der Waals surface area contributed by atoms with Crippen molar-refractivity contribution in [2.75, 3.05) is 0 Å². The molecule has 8 heteroatoms. The summed E-state index contributed by atoms with van der Waals surface area (Å²) in [6.45, 7) is 0.576. The number of aryl methyl sites for hydroxylation is 2. The Morgan fingerprint density at radius 2 is 1.94 bits per heavy atom. The zero-order valence-electron chi connectivity index (χ0n) is 16.4. The van der Waals surface area contributed by atoms with Gasteiger partial charge < -0.3 is 9.55 Å². The van der Waals surface area contributed by atoms with Crippen molar-refractivity contribution in [2.24, 2.45) is 0 Å². The molecule has 1 aromatic carbocycles. The third-order valence-corrected chi connectivity index (χ3v) is 5.52. The van der Waals surface area contributed by atoms with Crippen LogP contribution >= 0.6 is 0 Å². The maximum atomic E-state index is 13.1. The molecule has 8 nitrogen and oxygen atoms in total. The average Bonchev–Trinajstić information content (AvgIpc) is 3.44. The molecular formula is C23H17N7O. The van der Waals surface area contributed by atoms with Crippen LogP contribution in [0.3, 0.4) is 0 Å². The fourth-order valence-electron chi connectivity index (χ4n) is 3.93. The van der Waals surface area contributed by atoms with Crippen molar-refractivity contribution in [1.29, 1.82) is 0 Å². The van der Waals surface area contributed by atoms with E-state index < -0.39 is 0 Å². The maximum absolute atomic E-state index is 13.1. The Bertz CT molecular complexity index is 1610. The summed E-state index contributed by atoms with van der Waals surface area (Å²) in [5.41, 5.74) is 3.68. The fourth-order valence-corrected chi connectivity index (χ4v) is 3.93. The highest BCUT2D eigenvalue weighted by Crippen LogP contribution is 2.19. The molecule has 0 amide bonds. The number of aromatic nitrogens is 7. The van der Waals surface area contributed by atoms with Crippen LogP contribution in [0.1, 0.15) is 5.56 Å². The molecule has 31 heavy (non-hydrogen) atoms. The quantitative estimate of drug-likeness (QED) is 0.484. The largest absolute Gasteiger partial charge is 0.361 e. The van der Waals surface area contributed by atoms with Crippen LogP contribution in [-0.4, -0.2) is 34.1 Å². The summed E-state index contributed by atoms with van der Waals surface area (Å²) in [6, 6.07) is 13.8. The lowest BCUT2D eigenvalue weighted by Gasteiger charge is -2.07. The van der Waals surface area contributed by atoms with Crippen LogP contribution in [-0.2, 0) is 13.0 Å². The van der Waals surface area contributed by atoms with Crippen LogP contribution in [0.15, 0.2) is 78.2 Å². The van der Waals surface area contributed by atoms with Crippen molar-refractivity contribution in [2.45, 2.75) is 13.0 Å². The number of para-hydroxylation sites is 1. The van der Waals surface area contributed by atoms with Gasteiger partial charge in [-0.15, -0.1) is 5.10 Å². The summed E-state index contributed by atoms with van der Waals surface area (Å²) >= 11 is 0. The molecule has 0 fully saturated rings. The molecule has 0 unspecified atom stereocenters. The van der Waals surface area contributed by atoms with Gasteiger partial charge in [0.2, 0.25) is 0 Å². The number of fused-ring (bicyclic) bond motifs is 4. The van der Waals surface area contributed by atoms with Gasteiger partial charge in [0.15, 0.2) is 5.82 Å². The number of H-pyrrole nitrogens is 1. The first-order chi connectivity index (χ1) is 15.3. The summed E-state index contributed by atoms with van der Waals surface area (Å²) in [6.07, 6.45) is 9.55. The molecule has 150 valence electrons. The lowest BCUT2D eigenvalue weighted by atomic mass is 10.1. The number of benzene rings is 1. The highest BCUT2D eigenvalue weighted by atomic mass is 16.1. The summed E-state index contributed by atoms with van der Waals surface area (Å²) in [5.74, 6) is 0.971. The lowest BCUT2D eigenvalue weighted by molar-refractivity contribution is 0.676. The second-order valence-electron chi connectivity index (χ2n) is 7.37. The number of nitrogens with one attached hydrogen (secondary N) is 1. The van der Waals surface area contributed by atoms with E-state index in [0.717, 1.165) is 17.5 Å². The Morgan fingerprint density at radius 1 is 1.00 bits per heavy atom. The van der Waals surface area contributed by atoms with E-state index in [1.807, 2.05) is 42.7 Å². The van der Waals surface area contributed by atoms with E-state index in [4.69, 9.17) is 0 Å². The Morgan fingerprint density at radius 3 is 2.84 bits per heavy atom. The van der Waals surface area contributed by atoms with Crippen molar-refractivity contribution in [3.8, 4) is 11.4 Å². The van der Waals surface area contributed by atoms with Crippen LogP contribution in [0.4, 0.5) is 0 Å². The van der Waals surface area contributed by atoms with Crippen LogP contribution in [0.25, 0.3) is 39.0 Å². The van der Waals surface area contributed by atoms with Crippen molar-refractivity contribution in [3.05, 3.63) is 89.4 Å². The van der Waals surface area contributed by atoms with Gasteiger partial charge >= 0.3 is 0 Å². The molecule has 5 aromatic heterocycles. The van der Waals surface area contributed by atoms with Crippen molar-refractivity contribution in [1.82, 2.24) is 34.1 Å². The zero-order valence-corrected chi connectivity index (χ0v) is 16.4. The van der Waals surface area contributed by atoms with E-state index >= 15 is 0 Å².